The second-order valence-electron chi connectivity index (χ2n) is 7.49. The number of benzene rings is 2. The van der Waals surface area contributed by atoms with E-state index < -0.39 is 24.5 Å². The number of aromatic nitrogens is 2. The van der Waals surface area contributed by atoms with Crippen molar-refractivity contribution >= 4 is 35.6 Å². The predicted molar refractivity (Wildman–Crippen MR) is 129 cm³/mol. The van der Waals surface area contributed by atoms with Crippen LogP contribution in [0.2, 0.25) is 5.02 Å². The van der Waals surface area contributed by atoms with Crippen molar-refractivity contribution in [3.63, 3.8) is 0 Å². The molecule has 3 amide bonds. The summed E-state index contributed by atoms with van der Waals surface area (Å²) in [6.07, 6.45) is 2.81. The van der Waals surface area contributed by atoms with Crippen LogP contribution in [0.25, 0.3) is 6.08 Å². The number of urea groups is 1. The summed E-state index contributed by atoms with van der Waals surface area (Å²) in [4.78, 5) is 35.7. The molecular formula is C25H25ClN4O4. The van der Waals surface area contributed by atoms with E-state index in [4.69, 9.17) is 16.3 Å². The molecule has 9 heteroatoms. The van der Waals surface area contributed by atoms with E-state index in [0.29, 0.717) is 11.6 Å². The van der Waals surface area contributed by atoms with Crippen molar-refractivity contribution in [2.45, 2.75) is 26.9 Å². The molecule has 2 N–H and O–H groups in total. The molecule has 0 bridgehead atoms. The first-order valence-corrected chi connectivity index (χ1v) is 10.9. The molecule has 0 atom stereocenters. The summed E-state index contributed by atoms with van der Waals surface area (Å²) in [7, 11) is 0. The Labute approximate surface area is 202 Å². The number of nitrogens with one attached hydrogen (secondary N) is 2. The van der Waals surface area contributed by atoms with E-state index in [1.54, 1.807) is 6.08 Å². The first-order valence-electron chi connectivity index (χ1n) is 10.6. The van der Waals surface area contributed by atoms with Gasteiger partial charge in [-0.3, -0.25) is 14.8 Å². The van der Waals surface area contributed by atoms with Crippen LogP contribution in [0.4, 0.5) is 4.79 Å². The first kappa shape index (κ1) is 24.7. The number of aryl methyl sites for hydroxylation is 1. The van der Waals surface area contributed by atoms with Gasteiger partial charge < -0.3 is 10.1 Å². The van der Waals surface area contributed by atoms with Crippen molar-refractivity contribution in [3.05, 3.63) is 93.8 Å². The van der Waals surface area contributed by atoms with Crippen LogP contribution in [0.5, 0.6) is 0 Å². The molecule has 0 saturated heterocycles. The van der Waals surface area contributed by atoms with Crippen molar-refractivity contribution in [1.29, 1.82) is 0 Å². The van der Waals surface area contributed by atoms with E-state index in [1.807, 2.05) is 73.1 Å². The van der Waals surface area contributed by atoms with E-state index in [-0.39, 0.29) is 6.54 Å². The van der Waals surface area contributed by atoms with Crippen LogP contribution in [0.15, 0.2) is 60.7 Å². The third-order valence-electron chi connectivity index (χ3n) is 5.00. The van der Waals surface area contributed by atoms with Crippen LogP contribution in [-0.2, 0) is 27.4 Å². The zero-order chi connectivity index (χ0) is 24.5. The van der Waals surface area contributed by atoms with Gasteiger partial charge in [0.2, 0.25) is 0 Å². The molecule has 3 rings (SSSR count). The lowest BCUT2D eigenvalue weighted by Gasteiger charge is -2.07. The quantitative estimate of drug-likeness (QED) is 0.377. The van der Waals surface area contributed by atoms with Gasteiger partial charge in [0.1, 0.15) is 0 Å². The molecule has 34 heavy (non-hydrogen) atoms. The number of ether oxygens (including phenoxy) is 1. The minimum atomic E-state index is -0.729. The Morgan fingerprint density at radius 2 is 1.76 bits per heavy atom. The molecule has 176 valence electrons. The summed E-state index contributed by atoms with van der Waals surface area (Å²) in [5.74, 6) is -1.44. The Kier molecular flexibility index (Phi) is 8.59. The summed E-state index contributed by atoms with van der Waals surface area (Å²) >= 11 is 6.24. The Morgan fingerprint density at radius 3 is 2.50 bits per heavy atom. The zero-order valence-electron chi connectivity index (χ0n) is 18.9. The molecule has 0 unspecified atom stereocenters. The zero-order valence-corrected chi connectivity index (χ0v) is 19.6. The molecule has 8 nitrogen and oxygen atoms in total. The third kappa shape index (κ3) is 7.05. The monoisotopic (exact) mass is 480 g/mol. The lowest BCUT2D eigenvalue weighted by atomic mass is 10.1. The fourth-order valence-electron chi connectivity index (χ4n) is 3.22. The maximum Gasteiger partial charge on any atom is 0.331 e. The van der Waals surface area contributed by atoms with Gasteiger partial charge in [0, 0.05) is 28.9 Å². The minimum absolute atomic E-state index is 0.269. The summed E-state index contributed by atoms with van der Waals surface area (Å²) in [5.41, 5.74) is 4.19. The largest absolute Gasteiger partial charge is 0.452 e. The number of hydrogen-bond acceptors (Lipinski definition) is 5. The molecule has 0 radical (unpaired) electrons. The van der Waals surface area contributed by atoms with Gasteiger partial charge in [0.05, 0.1) is 12.2 Å². The molecule has 0 saturated carbocycles. The average Bonchev–Trinajstić information content (AvgIpc) is 3.09. The van der Waals surface area contributed by atoms with Gasteiger partial charge >= 0.3 is 12.0 Å². The minimum Gasteiger partial charge on any atom is -0.452 e. The molecule has 0 fully saturated rings. The SMILES string of the molecule is Cc1nn(Cc2ccccc2Cl)c(C)c1C=CC(=O)OCC(=O)NC(=O)NCc1ccccc1. The number of amides is 3. The summed E-state index contributed by atoms with van der Waals surface area (Å²) in [5, 5.41) is 9.84. The summed E-state index contributed by atoms with van der Waals surface area (Å²) in [6.45, 7) is 3.92. The van der Waals surface area contributed by atoms with E-state index >= 15 is 0 Å². The maximum atomic E-state index is 12.0. The molecule has 1 heterocycles. The van der Waals surface area contributed by atoms with Crippen LogP contribution in [0.1, 0.15) is 28.1 Å². The molecule has 2 aromatic carbocycles. The number of imide groups is 1. The highest BCUT2D eigenvalue weighted by Gasteiger charge is 2.13. The van der Waals surface area contributed by atoms with E-state index in [0.717, 1.165) is 28.1 Å². The van der Waals surface area contributed by atoms with Gasteiger partial charge in [-0.1, -0.05) is 60.1 Å². The summed E-state index contributed by atoms with van der Waals surface area (Å²) in [6, 6.07) is 16.1. The fraction of sp³-hybridized carbons (Fsp3) is 0.200. The smallest absolute Gasteiger partial charge is 0.331 e. The lowest BCUT2D eigenvalue weighted by Crippen LogP contribution is -2.41. The predicted octanol–water partition coefficient (Wildman–Crippen LogP) is 3.78. The van der Waals surface area contributed by atoms with Crippen molar-refractivity contribution in [3.8, 4) is 0 Å². The highest BCUT2D eigenvalue weighted by atomic mass is 35.5. The second kappa shape index (κ2) is 11.8. The molecule has 0 aliphatic carbocycles. The van der Waals surface area contributed by atoms with Crippen LogP contribution >= 0.6 is 11.6 Å². The van der Waals surface area contributed by atoms with Crippen LogP contribution in [-0.4, -0.2) is 34.3 Å². The van der Waals surface area contributed by atoms with Gasteiger partial charge in [-0.05, 0) is 37.1 Å². The number of halogens is 1. The molecule has 0 aliphatic rings. The second-order valence-corrected chi connectivity index (χ2v) is 7.90. The standard InChI is InChI=1S/C25H25ClN4O4/c1-17-21(18(2)30(29-17)15-20-10-6-7-11-22(20)26)12-13-24(32)34-16-23(31)28-25(33)27-14-19-8-4-3-5-9-19/h3-13H,14-16H2,1-2H3,(H2,27,28,31,33). The highest BCUT2D eigenvalue weighted by molar-refractivity contribution is 6.31. The van der Waals surface area contributed by atoms with Crippen LogP contribution < -0.4 is 10.6 Å². The number of nitrogens with zero attached hydrogens (tertiary/aromatic N) is 2. The van der Waals surface area contributed by atoms with Crippen molar-refractivity contribution < 1.29 is 19.1 Å². The maximum absolute atomic E-state index is 12.0. The van der Waals surface area contributed by atoms with E-state index in [2.05, 4.69) is 15.7 Å². The van der Waals surface area contributed by atoms with Gasteiger partial charge in [-0.2, -0.15) is 5.10 Å². The molecular weight excluding hydrogens is 456 g/mol. The third-order valence-corrected chi connectivity index (χ3v) is 5.36. The van der Waals surface area contributed by atoms with Gasteiger partial charge in [0.25, 0.3) is 5.91 Å². The Morgan fingerprint density at radius 1 is 1.06 bits per heavy atom. The topological polar surface area (TPSA) is 102 Å². The van der Waals surface area contributed by atoms with Crippen molar-refractivity contribution in [1.82, 2.24) is 20.4 Å². The van der Waals surface area contributed by atoms with E-state index in [9.17, 15) is 14.4 Å². The summed E-state index contributed by atoms with van der Waals surface area (Å²) < 4.78 is 6.73. The fourth-order valence-corrected chi connectivity index (χ4v) is 3.41. The van der Waals surface area contributed by atoms with Crippen molar-refractivity contribution in [2.75, 3.05) is 6.61 Å². The first-order chi connectivity index (χ1) is 16.3. The number of esters is 1. The van der Waals surface area contributed by atoms with Crippen molar-refractivity contribution in [2.24, 2.45) is 0 Å². The molecule has 0 aliphatic heterocycles. The van der Waals surface area contributed by atoms with E-state index in [1.165, 1.54) is 6.08 Å². The lowest BCUT2D eigenvalue weighted by molar-refractivity contribution is -0.143. The number of carbonyl (C=O) groups is 3. The van der Waals surface area contributed by atoms with Gasteiger partial charge in [0.15, 0.2) is 6.61 Å². The normalized spacial score (nSPS) is 10.8. The molecule has 1 aromatic heterocycles. The Bertz CT molecular complexity index is 1200. The van der Waals surface area contributed by atoms with Gasteiger partial charge in [-0.15, -0.1) is 0 Å². The number of rotatable bonds is 8. The average molecular weight is 481 g/mol. The Balaban J connectivity index is 1.48. The Hall–Kier alpha value is -3.91. The van der Waals surface area contributed by atoms with Gasteiger partial charge in [-0.25, -0.2) is 9.59 Å². The van der Waals surface area contributed by atoms with Crippen LogP contribution in [0.3, 0.4) is 0 Å². The highest BCUT2D eigenvalue weighted by Crippen LogP contribution is 2.20. The van der Waals surface area contributed by atoms with Crippen LogP contribution in [0, 0.1) is 13.8 Å². The number of carbonyl (C=O) groups excluding carboxylic acids is 3. The molecule has 0 spiro atoms. The molecule has 3 aromatic rings. The number of hydrogen-bond donors (Lipinski definition) is 2.